The van der Waals surface area contributed by atoms with Crippen LogP contribution in [-0.2, 0) is 12.6 Å². The fraction of sp³-hybridized carbons (Fsp3) is 0.571. The summed E-state index contributed by atoms with van der Waals surface area (Å²) in [6.45, 7) is 6.96. The van der Waals surface area contributed by atoms with E-state index in [1.54, 1.807) is 6.07 Å². The summed E-state index contributed by atoms with van der Waals surface area (Å²) in [5, 5.41) is 3.31. The van der Waals surface area contributed by atoms with Gasteiger partial charge in [0.2, 0.25) is 0 Å². The molecule has 102 valence electrons. The van der Waals surface area contributed by atoms with E-state index in [1.165, 1.54) is 12.1 Å². The third-order valence-electron chi connectivity index (χ3n) is 2.98. The summed E-state index contributed by atoms with van der Waals surface area (Å²) in [6, 6.07) is 5.79. The summed E-state index contributed by atoms with van der Waals surface area (Å²) >= 11 is 0. The fourth-order valence-corrected chi connectivity index (χ4v) is 1.93. The fourth-order valence-electron chi connectivity index (χ4n) is 1.93. The highest BCUT2D eigenvalue weighted by Gasteiger charge is 2.30. The first kappa shape index (κ1) is 15.0. The second kappa shape index (κ2) is 6.23. The lowest BCUT2D eigenvalue weighted by atomic mass is 9.95. The van der Waals surface area contributed by atoms with Crippen LogP contribution in [-0.4, -0.2) is 12.6 Å². The van der Waals surface area contributed by atoms with Gasteiger partial charge in [-0.3, -0.25) is 0 Å². The molecule has 0 spiro atoms. The molecule has 4 heteroatoms. The van der Waals surface area contributed by atoms with Crippen molar-refractivity contribution in [3.8, 4) is 0 Å². The molecular weight excluding hydrogens is 239 g/mol. The normalized spacial score (nSPS) is 13.9. The Labute approximate surface area is 106 Å². The number of likely N-dealkylation sites (N-methyl/N-ethyl adjacent to an activating group) is 1. The van der Waals surface area contributed by atoms with E-state index in [-0.39, 0.29) is 6.04 Å². The Morgan fingerprint density at radius 3 is 2.39 bits per heavy atom. The van der Waals surface area contributed by atoms with Gasteiger partial charge in [-0.2, -0.15) is 13.2 Å². The molecule has 1 rings (SSSR count). The van der Waals surface area contributed by atoms with Gasteiger partial charge in [0.1, 0.15) is 0 Å². The van der Waals surface area contributed by atoms with E-state index in [0.29, 0.717) is 12.3 Å². The Hall–Kier alpha value is -1.03. The SMILES string of the molecule is CCNC(Cc1cccc(C(F)(F)F)c1)C(C)C. The van der Waals surface area contributed by atoms with Crippen LogP contribution in [0.25, 0.3) is 0 Å². The van der Waals surface area contributed by atoms with Gasteiger partial charge in [0, 0.05) is 6.04 Å². The third-order valence-corrected chi connectivity index (χ3v) is 2.98. The van der Waals surface area contributed by atoms with Crippen LogP contribution >= 0.6 is 0 Å². The van der Waals surface area contributed by atoms with Crippen LogP contribution in [0.1, 0.15) is 31.9 Å². The van der Waals surface area contributed by atoms with Gasteiger partial charge in [0.15, 0.2) is 0 Å². The van der Waals surface area contributed by atoms with Crippen molar-refractivity contribution in [2.24, 2.45) is 5.92 Å². The van der Waals surface area contributed by atoms with Gasteiger partial charge in [0.25, 0.3) is 0 Å². The topological polar surface area (TPSA) is 12.0 Å². The lowest BCUT2D eigenvalue weighted by Gasteiger charge is -2.22. The highest BCUT2D eigenvalue weighted by molar-refractivity contribution is 5.26. The van der Waals surface area contributed by atoms with Gasteiger partial charge in [-0.15, -0.1) is 0 Å². The summed E-state index contributed by atoms with van der Waals surface area (Å²) in [6.07, 6.45) is -3.64. The van der Waals surface area contributed by atoms with Gasteiger partial charge in [-0.1, -0.05) is 39.0 Å². The lowest BCUT2D eigenvalue weighted by Crippen LogP contribution is -2.35. The molecule has 1 atom stereocenters. The largest absolute Gasteiger partial charge is 0.416 e. The van der Waals surface area contributed by atoms with E-state index in [0.717, 1.165) is 18.2 Å². The zero-order valence-corrected chi connectivity index (χ0v) is 11.0. The average Bonchev–Trinajstić information content (AvgIpc) is 2.27. The Morgan fingerprint density at radius 2 is 1.89 bits per heavy atom. The first-order valence-electron chi connectivity index (χ1n) is 6.24. The number of hydrogen-bond donors (Lipinski definition) is 1. The Morgan fingerprint density at radius 1 is 1.22 bits per heavy atom. The molecule has 0 aliphatic heterocycles. The van der Waals surface area contributed by atoms with Crippen molar-refractivity contribution in [1.82, 2.24) is 5.32 Å². The second-order valence-electron chi connectivity index (χ2n) is 4.81. The average molecular weight is 259 g/mol. The molecule has 0 heterocycles. The maximum atomic E-state index is 12.6. The van der Waals surface area contributed by atoms with Crippen LogP contribution in [0, 0.1) is 5.92 Å². The van der Waals surface area contributed by atoms with Crippen molar-refractivity contribution in [3.63, 3.8) is 0 Å². The minimum absolute atomic E-state index is 0.207. The molecule has 0 fully saturated rings. The summed E-state index contributed by atoms with van der Waals surface area (Å²) in [4.78, 5) is 0. The van der Waals surface area contributed by atoms with E-state index in [2.05, 4.69) is 19.2 Å². The summed E-state index contributed by atoms with van der Waals surface area (Å²) in [7, 11) is 0. The molecule has 0 saturated carbocycles. The van der Waals surface area contributed by atoms with Crippen LogP contribution in [0.4, 0.5) is 13.2 Å². The van der Waals surface area contributed by atoms with Crippen molar-refractivity contribution >= 4 is 0 Å². The van der Waals surface area contributed by atoms with Crippen LogP contribution < -0.4 is 5.32 Å². The molecule has 0 aromatic heterocycles. The number of benzene rings is 1. The number of nitrogens with one attached hydrogen (secondary N) is 1. The van der Waals surface area contributed by atoms with Gasteiger partial charge in [-0.25, -0.2) is 0 Å². The molecule has 0 aliphatic rings. The van der Waals surface area contributed by atoms with Crippen LogP contribution in [0.3, 0.4) is 0 Å². The van der Waals surface area contributed by atoms with Crippen molar-refractivity contribution < 1.29 is 13.2 Å². The molecule has 0 radical (unpaired) electrons. The summed E-state index contributed by atoms with van der Waals surface area (Å²) in [5.41, 5.74) is 0.156. The van der Waals surface area contributed by atoms with E-state index in [9.17, 15) is 13.2 Å². The van der Waals surface area contributed by atoms with Crippen molar-refractivity contribution in [2.75, 3.05) is 6.54 Å². The minimum atomic E-state index is -4.26. The minimum Gasteiger partial charge on any atom is -0.314 e. The predicted molar refractivity (Wildman–Crippen MR) is 67.5 cm³/mol. The number of alkyl halides is 3. The Balaban J connectivity index is 2.83. The molecule has 1 aromatic rings. The molecule has 1 nitrogen and oxygen atoms in total. The highest BCUT2D eigenvalue weighted by Crippen LogP contribution is 2.29. The summed E-state index contributed by atoms with van der Waals surface area (Å²) in [5.74, 6) is 0.388. The molecule has 0 saturated heterocycles. The first-order chi connectivity index (χ1) is 8.34. The summed E-state index contributed by atoms with van der Waals surface area (Å²) < 4.78 is 37.8. The maximum absolute atomic E-state index is 12.6. The molecule has 18 heavy (non-hydrogen) atoms. The Bertz CT molecular complexity index is 372. The maximum Gasteiger partial charge on any atom is 0.416 e. The van der Waals surface area contributed by atoms with E-state index >= 15 is 0 Å². The molecule has 0 aliphatic carbocycles. The van der Waals surface area contributed by atoms with Gasteiger partial charge in [-0.05, 0) is 30.5 Å². The van der Waals surface area contributed by atoms with Crippen molar-refractivity contribution in [1.29, 1.82) is 0 Å². The van der Waals surface area contributed by atoms with Gasteiger partial charge < -0.3 is 5.32 Å². The predicted octanol–water partition coefficient (Wildman–Crippen LogP) is 3.88. The standard InChI is InChI=1S/C14H20F3N/c1-4-18-13(10(2)3)9-11-6-5-7-12(8-11)14(15,16)17/h5-8,10,13,18H,4,9H2,1-3H3. The number of rotatable bonds is 5. The first-order valence-corrected chi connectivity index (χ1v) is 6.24. The molecule has 1 aromatic carbocycles. The number of halogens is 3. The third kappa shape index (κ3) is 4.33. The molecule has 0 amide bonds. The van der Waals surface area contributed by atoms with E-state index in [4.69, 9.17) is 0 Å². The lowest BCUT2D eigenvalue weighted by molar-refractivity contribution is -0.137. The molecule has 1 unspecified atom stereocenters. The smallest absolute Gasteiger partial charge is 0.314 e. The second-order valence-corrected chi connectivity index (χ2v) is 4.81. The van der Waals surface area contributed by atoms with Crippen molar-refractivity contribution in [3.05, 3.63) is 35.4 Å². The Kier molecular flexibility index (Phi) is 5.20. The van der Waals surface area contributed by atoms with Crippen LogP contribution in [0.2, 0.25) is 0 Å². The van der Waals surface area contributed by atoms with Gasteiger partial charge >= 0.3 is 6.18 Å². The van der Waals surface area contributed by atoms with Crippen LogP contribution in [0.15, 0.2) is 24.3 Å². The highest BCUT2D eigenvalue weighted by atomic mass is 19.4. The zero-order valence-electron chi connectivity index (χ0n) is 11.0. The van der Waals surface area contributed by atoms with E-state index < -0.39 is 11.7 Å². The molecular formula is C14H20F3N. The van der Waals surface area contributed by atoms with E-state index in [1.807, 2.05) is 6.92 Å². The van der Waals surface area contributed by atoms with Crippen molar-refractivity contribution in [2.45, 2.75) is 39.4 Å². The number of hydrogen-bond acceptors (Lipinski definition) is 1. The van der Waals surface area contributed by atoms with Crippen LogP contribution in [0.5, 0.6) is 0 Å². The molecule has 1 N–H and O–H groups in total. The zero-order chi connectivity index (χ0) is 13.8. The van der Waals surface area contributed by atoms with Gasteiger partial charge in [0.05, 0.1) is 5.56 Å². The molecule has 0 bridgehead atoms. The quantitative estimate of drug-likeness (QED) is 0.846. The monoisotopic (exact) mass is 259 g/mol.